The Morgan fingerprint density at radius 2 is 2.17 bits per heavy atom. The number of carbonyl (C=O) groups excluding carboxylic acids is 1. The number of aromatic nitrogens is 1. The lowest BCUT2D eigenvalue weighted by atomic mass is 10.1. The van der Waals surface area contributed by atoms with Crippen LogP contribution in [-0.4, -0.2) is 41.7 Å². The average molecular weight is 345 g/mol. The fraction of sp³-hybridized carbons (Fsp3) is 0.444. The molecule has 0 bridgehead atoms. The maximum absolute atomic E-state index is 12.4. The third-order valence-corrected chi connectivity index (χ3v) is 5.27. The van der Waals surface area contributed by atoms with Gasteiger partial charge in [-0.05, 0) is 19.4 Å². The van der Waals surface area contributed by atoms with Crippen molar-refractivity contribution in [3.63, 3.8) is 0 Å². The fourth-order valence-corrected chi connectivity index (χ4v) is 3.66. The first-order valence-corrected chi connectivity index (χ1v) is 9.04. The fourth-order valence-electron chi connectivity index (χ4n) is 2.78. The summed E-state index contributed by atoms with van der Waals surface area (Å²) in [4.78, 5) is 19.9. The number of hydrogen-bond donors (Lipinski definition) is 1. The number of amides is 2. The van der Waals surface area contributed by atoms with Crippen LogP contribution in [0.1, 0.15) is 21.1 Å². The van der Waals surface area contributed by atoms with Crippen molar-refractivity contribution >= 4 is 17.4 Å². The number of hydrogen-bond acceptors (Lipinski definition) is 4. The molecule has 0 aliphatic carbocycles. The van der Waals surface area contributed by atoms with Gasteiger partial charge in [0.2, 0.25) is 0 Å². The van der Waals surface area contributed by atoms with Crippen molar-refractivity contribution in [1.29, 1.82) is 0 Å². The Labute approximate surface area is 146 Å². The molecule has 1 aliphatic rings. The number of benzene rings is 1. The average Bonchev–Trinajstić information content (AvgIpc) is 2.92. The molecule has 2 aromatic rings. The molecule has 0 saturated carbocycles. The molecule has 2 amide bonds. The lowest BCUT2D eigenvalue weighted by molar-refractivity contribution is -0.0133. The molecular weight excluding hydrogens is 322 g/mol. The van der Waals surface area contributed by atoms with Crippen LogP contribution in [0.5, 0.6) is 0 Å². The van der Waals surface area contributed by atoms with E-state index >= 15 is 0 Å². The van der Waals surface area contributed by atoms with Crippen LogP contribution in [0.2, 0.25) is 0 Å². The van der Waals surface area contributed by atoms with Gasteiger partial charge in [0.1, 0.15) is 5.01 Å². The summed E-state index contributed by atoms with van der Waals surface area (Å²) in [7, 11) is 0. The van der Waals surface area contributed by atoms with E-state index in [0.717, 1.165) is 17.1 Å². The highest BCUT2D eigenvalue weighted by molar-refractivity contribution is 7.11. The van der Waals surface area contributed by atoms with E-state index in [-0.39, 0.29) is 12.1 Å². The van der Waals surface area contributed by atoms with Gasteiger partial charge in [-0.2, -0.15) is 0 Å². The zero-order valence-corrected chi connectivity index (χ0v) is 14.9. The van der Waals surface area contributed by atoms with Gasteiger partial charge in [-0.1, -0.05) is 30.3 Å². The second kappa shape index (κ2) is 7.77. The molecule has 1 atom stereocenters. The van der Waals surface area contributed by atoms with Crippen molar-refractivity contribution < 1.29 is 9.53 Å². The molecule has 128 valence electrons. The van der Waals surface area contributed by atoms with Crippen LogP contribution in [0.25, 0.3) is 0 Å². The molecule has 6 heteroatoms. The van der Waals surface area contributed by atoms with Gasteiger partial charge < -0.3 is 15.0 Å². The zero-order valence-electron chi connectivity index (χ0n) is 14.1. The van der Waals surface area contributed by atoms with E-state index in [0.29, 0.717) is 26.2 Å². The number of nitrogens with one attached hydrogen (secondary N) is 1. The summed E-state index contributed by atoms with van der Waals surface area (Å²) in [6, 6.07) is 10.2. The zero-order chi connectivity index (χ0) is 16.9. The monoisotopic (exact) mass is 345 g/mol. The van der Waals surface area contributed by atoms with Crippen molar-refractivity contribution in [2.24, 2.45) is 0 Å². The number of thiazole rings is 1. The van der Waals surface area contributed by atoms with Crippen LogP contribution in [0.4, 0.5) is 4.79 Å². The van der Waals surface area contributed by atoms with E-state index in [9.17, 15) is 4.79 Å². The van der Waals surface area contributed by atoms with Crippen molar-refractivity contribution in [1.82, 2.24) is 15.2 Å². The Bertz CT molecular complexity index is 667. The van der Waals surface area contributed by atoms with Gasteiger partial charge in [0.25, 0.3) is 0 Å². The molecule has 0 radical (unpaired) electrons. The van der Waals surface area contributed by atoms with Crippen molar-refractivity contribution in [2.75, 3.05) is 19.7 Å². The molecule has 3 rings (SSSR count). The maximum atomic E-state index is 12.4. The molecule has 1 aromatic heterocycles. The summed E-state index contributed by atoms with van der Waals surface area (Å²) in [5, 5.41) is 3.92. The molecule has 24 heavy (non-hydrogen) atoms. The number of aryl methyl sites for hydroxylation is 2. The molecular formula is C18H23N3O2S. The number of carbonyl (C=O) groups is 1. The van der Waals surface area contributed by atoms with Crippen LogP contribution < -0.4 is 5.32 Å². The molecule has 1 N–H and O–H groups in total. The second-order valence-electron chi connectivity index (χ2n) is 6.04. The van der Waals surface area contributed by atoms with E-state index in [2.05, 4.69) is 29.4 Å². The standard InChI is InChI=1S/C18H23N3O2S/c1-13-14(2)24-17(20-13)11-19-18(22)21-8-9-23-16(12-21)10-15-6-4-3-5-7-15/h3-7,16H,8-12H2,1-2H3,(H,19,22)/t16-/m1/s1. The molecule has 1 aromatic carbocycles. The summed E-state index contributed by atoms with van der Waals surface area (Å²) in [6.45, 7) is 6.37. The Morgan fingerprint density at radius 1 is 1.38 bits per heavy atom. The lowest BCUT2D eigenvalue weighted by Crippen LogP contribution is -2.50. The number of urea groups is 1. The molecule has 5 nitrogen and oxygen atoms in total. The van der Waals surface area contributed by atoms with Gasteiger partial charge in [0.05, 0.1) is 24.9 Å². The van der Waals surface area contributed by atoms with Crippen LogP contribution in [-0.2, 0) is 17.7 Å². The third-order valence-electron chi connectivity index (χ3n) is 4.20. The Morgan fingerprint density at radius 3 is 2.88 bits per heavy atom. The van der Waals surface area contributed by atoms with E-state index in [1.807, 2.05) is 30.0 Å². The first kappa shape index (κ1) is 16.9. The first-order chi connectivity index (χ1) is 11.6. The van der Waals surface area contributed by atoms with Gasteiger partial charge >= 0.3 is 6.03 Å². The van der Waals surface area contributed by atoms with Gasteiger partial charge in [-0.15, -0.1) is 11.3 Å². The van der Waals surface area contributed by atoms with E-state index in [1.165, 1.54) is 10.4 Å². The molecule has 1 aliphatic heterocycles. The van der Waals surface area contributed by atoms with Gasteiger partial charge in [-0.25, -0.2) is 9.78 Å². The minimum Gasteiger partial charge on any atom is -0.374 e. The summed E-state index contributed by atoms with van der Waals surface area (Å²) < 4.78 is 5.81. The van der Waals surface area contributed by atoms with Crippen LogP contribution >= 0.6 is 11.3 Å². The maximum Gasteiger partial charge on any atom is 0.317 e. The smallest absolute Gasteiger partial charge is 0.317 e. The highest BCUT2D eigenvalue weighted by Crippen LogP contribution is 2.16. The Hall–Kier alpha value is -1.92. The summed E-state index contributed by atoms with van der Waals surface area (Å²) >= 11 is 1.64. The van der Waals surface area contributed by atoms with Gasteiger partial charge in [-0.3, -0.25) is 0 Å². The summed E-state index contributed by atoms with van der Waals surface area (Å²) in [6.07, 6.45) is 0.881. The normalized spacial score (nSPS) is 17.8. The predicted octanol–water partition coefficient (Wildman–Crippen LogP) is 2.91. The van der Waals surface area contributed by atoms with Crippen LogP contribution in [0, 0.1) is 13.8 Å². The number of nitrogens with zero attached hydrogens (tertiary/aromatic N) is 2. The van der Waals surface area contributed by atoms with Crippen LogP contribution in [0.15, 0.2) is 30.3 Å². The van der Waals surface area contributed by atoms with Gasteiger partial charge in [0, 0.05) is 24.4 Å². The quantitative estimate of drug-likeness (QED) is 0.927. The Kier molecular flexibility index (Phi) is 5.48. The molecule has 1 saturated heterocycles. The van der Waals surface area contributed by atoms with Crippen molar-refractivity contribution in [3.8, 4) is 0 Å². The minimum atomic E-state index is -0.0399. The number of rotatable bonds is 4. The first-order valence-electron chi connectivity index (χ1n) is 8.23. The molecule has 0 unspecified atom stereocenters. The largest absolute Gasteiger partial charge is 0.374 e. The molecule has 1 fully saturated rings. The van der Waals surface area contributed by atoms with Gasteiger partial charge in [0.15, 0.2) is 0 Å². The minimum absolute atomic E-state index is 0.0399. The van der Waals surface area contributed by atoms with E-state index < -0.39 is 0 Å². The molecule has 0 spiro atoms. The van der Waals surface area contributed by atoms with Crippen LogP contribution in [0.3, 0.4) is 0 Å². The van der Waals surface area contributed by atoms with Crippen molar-refractivity contribution in [2.45, 2.75) is 32.9 Å². The highest BCUT2D eigenvalue weighted by Gasteiger charge is 2.24. The second-order valence-corrected chi connectivity index (χ2v) is 7.32. The highest BCUT2D eigenvalue weighted by atomic mass is 32.1. The topological polar surface area (TPSA) is 54.5 Å². The third kappa shape index (κ3) is 4.33. The summed E-state index contributed by atoms with van der Waals surface area (Å²) in [5.41, 5.74) is 2.28. The predicted molar refractivity (Wildman–Crippen MR) is 95.3 cm³/mol. The van der Waals surface area contributed by atoms with E-state index in [1.54, 1.807) is 11.3 Å². The number of ether oxygens (including phenoxy) is 1. The number of morpholine rings is 1. The lowest BCUT2D eigenvalue weighted by Gasteiger charge is -2.33. The molecule has 2 heterocycles. The summed E-state index contributed by atoms with van der Waals surface area (Å²) in [5.74, 6) is 0. The SMILES string of the molecule is Cc1nc(CNC(=O)N2CCO[C@H](Cc3ccccc3)C2)sc1C. The van der Waals surface area contributed by atoms with E-state index in [4.69, 9.17) is 4.74 Å². The van der Waals surface area contributed by atoms with Crippen molar-refractivity contribution in [3.05, 3.63) is 51.5 Å². The Balaban J connectivity index is 1.51.